The van der Waals surface area contributed by atoms with Crippen LogP contribution in [-0.4, -0.2) is 56.9 Å². The number of methoxy groups -OCH3 is 1. The molecule has 0 spiro atoms. The molecule has 32 heavy (non-hydrogen) atoms. The van der Waals surface area contributed by atoms with Crippen molar-refractivity contribution < 1.29 is 19.0 Å². The van der Waals surface area contributed by atoms with E-state index in [4.69, 9.17) is 14.2 Å². The molecule has 1 atom stereocenters. The number of rotatable bonds is 8. The molecular formula is C26H34N2O4. The Morgan fingerprint density at radius 3 is 2.62 bits per heavy atom. The Balaban J connectivity index is 1.45. The van der Waals surface area contributed by atoms with Gasteiger partial charge in [0.15, 0.2) is 11.5 Å². The highest BCUT2D eigenvalue weighted by molar-refractivity contribution is 5.94. The largest absolute Gasteiger partial charge is 0.493 e. The molecular weight excluding hydrogens is 404 g/mol. The molecule has 0 aromatic heterocycles. The summed E-state index contributed by atoms with van der Waals surface area (Å²) in [7, 11) is 1.62. The normalized spacial score (nSPS) is 18.3. The lowest BCUT2D eigenvalue weighted by Crippen LogP contribution is -2.43. The third kappa shape index (κ3) is 5.61. The van der Waals surface area contributed by atoms with E-state index < -0.39 is 0 Å². The van der Waals surface area contributed by atoms with Gasteiger partial charge in [0.05, 0.1) is 32.5 Å². The summed E-state index contributed by atoms with van der Waals surface area (Å²) in [4.78, 5) is 15.4. The summed E-state index contributed by atoms with van der Waals surface area (Å²) in [5, 5.41) is 3.14. The first-order valence-electron chi connectivity index (χ1n) is 11.7. The van der Waals surface area contributed by atoms with Crippen molar-refractivity contribution in [2.75, 3.05) is 40.0 Å². The lowest BCUT2D eigenvalue weighted by Gasteiger charge is -2.35. The Morgan fingerprint density at radius 1 is 1.12 bits per heavy atom. The van der Waals surface area contributed by atoms with Crippen molar-refractivity contribution in [1.82, 2.24) is 10.2 Å². The van der Waals surface area contributed by atoms with Crippen molar-refractivity contribution in [3.63, 3.8) is 0 Å². The second kappa shape index (κ2) is 10.8. The monoisotopic (exact) mass is 438 g/mol. The van der Waals surface area contributed by atoms with Crippen molar-refractivity contribution in [1.29, 1.82) is 0 Å². The molecule has 1 unspecified atom stereocenters. The average Bonchev–Trinajstić information content (AvgIpc) is 3.33. The molecule has 4 rings (SSSR count). The molecule has 1 saturated carbocycles. The summed E-state index contributed by atoms with van der Waals surface area (Å²) in [5.41, 5.74) is 3.00. The van der Waals surface area contributed by atoms with E-state index in [1.54, 1.807) is 13.2 Å². The van der Waals surface area contributed by atoms with Crippen LogP contribution in [0.25, 0.3) is 0 Å². The fourth-order valence-corrected chi connectivity index (χ4v) is 4.61. The lowest BCUT2D eigenvalue weighted by atomic mass is 10.0. The second-order valence-corrected chi connectivity index (χ2v) is 8.68. The minimum atomic E-state index is -0.110. The van der Waals surface area contributed by atoms with Crippen molar-refractivity contribution in [3.05, 3.63) is 59.2 Å². The van der Waals surface area contributed by atoms with Gasteiger partial charge in [-0.15, -0.1) is 0 Å². The van der Waals surface area contributed by atoms with Crippen LogP contribution < -0.4 is 14.8 Å². The van der Waals surface area contributed by atoms with Gasteiger partial charge in [0.2, 0.25) is 0 Å². The van der Waals surface area contributed by atoms with E-state index in [9.17, 15) is 4.79 Å². The third-order valence-corrected chi connectivity index (χ3v) is 6.39. The number of benzene rings is 2. The van der Waals surface area contributed by atoms with Crippen LogP contribution in [0.15, 0.2) is 42.5 Å². The van der Waals surface area contributed by atoms with Crippen LogP contribution in [-0.2, 0) is 4.74 Å². The zero-order valence-electron chi connectivity index (χ0n) is 19.1. The zero-order valence-corrected chi connectivity index (χ0v) is 19.1. The first-order valence-corrected chi connectivity index (χ1v) is 11.7. The van der Waals surface area contributed by atoms with Gasteiger partial charge < -0.3 is 19.5 Å². The average molecular weight is 439 g/mol. The van der Waals surface area contributed by atoms with Crippen LogP contribution in [0.5, 0.6) is 11.5 Å². The van der Waals surface area contributed by atoms with Gasteiger partial charge in [-0.05, 0) is 56.4 Å². The Hall–Kier alpha value is -2.57. The number of hydrogen-bond donors (Lipinski definition) is 1. The molecule has 1 aliphatic heterocycles. The molecule has 1 heterocycles. The number of aryl methyl sites for hydroxylation is 1. The summed E-state index contributed by atoms with van der Waals surface area (Å²) in [6.45, 7) is 5.78. The summed E-state index contributed by atoms with van der Waals surface area (Å²) in [6, 6.07) is 14.1. The molecule has 1 N–H and O–H groups in total. The number of nitrogens with zero attached hydrogens (tertiary/aromatic N) is 1. The van der Waals surface area contributed by atoms with E-state index in [0.29, 0.717) is 23.6 Å². The van der Waals surface area contributed by atoms with Gasteiger partial charge in [-0.25, -0.2) is 0 Å². The number of hydrogen-bond acceptors (Lipinski definition) is 5. The molecule has 0 bridgehead atoms. The molecule has 172 valence electrons. The van der Waals surface area contributed by atoms with Gasteiger partial charge in [-0.1, -0.05) is 29.8 Å². The van der Waals surface area contributed by atoms with E-state index >= 15 is 0 Å². The summed E-state index contributed by atoms with van der Waals surface area (Å²) < 4.78 is 17.2. The van der Waals surface area contributed by atoms with Gasteiger partial charge in [0.1, 0.15) is 0 Å². The van der Waals surface area contributed by atoms with Crippen LogP contribution in [0, 0.1) is 6.92 Å². The maximum Gasteiger partial charge on any atom is 0.251 e. The molecule has 2 aromatic carbocycles. The van der Waals surface area contributed by atoms with Crippen molar-refractivity contribution in [3.8, 4) is 11.5 Å². The highest BCUT2D eigenvalue weighted by atomic mass is 16.5. The topological polar surface area (TPSA) is 60.0 Å². The van der Waals surface area contributed by atoms with Crippen molar-refractivity contribution in [2.45, 2.75) is 44.8 Å². The minimum absolute atomic E-state index is 0.106. The number of carbonyl (C=O) groups is 1. The molecule has 1 amide bonds. The number of carbonyl (C=O) groups excluding carboxylic acids is 1. The molecule has 2 fully saturated rings. The highest BCUT2D eigenvalue weighted by Gasteiger charge is 2.24. The van der Waals surface area contributed by atoms with Gasteiger partial charge in [0.25, 0.3) is 5.91 Å². The summed E-state index contributed by atoms with van der Waals surface area (Å²) >= 11 is 0. The standard InChI is InChI=1S/C26H34N2O4/c1-19-6-5-7-20(16-19)23(28-12-14-31-15-13-28)18-27-26(29)21-10-11-24(25(17-21)30-2)32-22-8-3-4-9-22/h5-7,10-11,16-17,22-23H,3-4,8-9,12-15,18H2,1-2H3,(H,27,29). The third-order valence-electron chi connectivity index (χ3n) is 6.39. The second-order valence-electron chi connectivity index (χ2n) is 8.68. The van der Waals surface area contributed by atoms with Crippen LogP contribution in [0.1, 0.15) is 53.2 Å². The number of ether oxygens (including phenoxy) is 3. The fourth-order valence-electron chi connectivity index (χ4n) is 4.61. The fraction of sp³-hybridized carbons (Fsp3) is 0.500. The maximum atomic E-state index is 13.0. The Kier molecular flexibility index (Phi) is 7.66. The van der Waals surface area contributed by atoms with E-state index in [2.05, 4.69) is 41.4 Å². The highest BCUT2D eigenvalue weighted by Crippen LogP contribution is 2.32. The van der Waals surface area contributed by atoms with Crippen molar-refractivity contribution in [2.24, 2.45) is 0 Å². The molecule has 6 heteroatoms. The van der Waals surface area contributed by atoms with Crippen LogP contribution >= 0.6 is 0 Å². The number of nitrogens with one attached hydrogen (secondary N) is 1. The minimum Gasteiger partial charge on any atom is -0.493 e. The first kappa shape index (κ1) is 22.6. The van der Waals surface area contributed by atoms with Gasteiger partial charge >= 0.3 is 0 Å². The number of amides is 1. The van der Waals surface area contributed by atoms with E-state index in [-0.39, 0.29) is 18.1 Å². The maximum absolute atomic E-state index is 13.0. The molecule has 0 radical (unpaired) electrons. The van der Waals surface area contributed by atoms with E-state index in [1.807, 2.05) is 12.1 Å². The van der Waals surface area contributed by atoms with Crippen molar-refractivity contribution >= 4 is 5.91 Å². The van der Waals surface area contributed by atoms with E-state index in [1.165, 1.54) is 24.0 Å². The lowest BCUT2D eigenvalue weighted by molar-refractivity contribution is 0.0162. The Labute approximate surface area is 190 Å². The van der Waals surface area contributed by atoms with Crippen LogP contribution in [0.2, 0.25) is 0 Å². The Morgan fingerprint density at radius 2 is 1.91 bits per heavy atom. The molecule has 2 aliphatic rings. The predicted molar refractivity (Wildman–Crippen MR) is 125 cm³/mol. The SMILES string of the molecule is COc1cc(C(=O)NCC(c2cccc(C)c2)N2CCOCC2)ccc1OC1CCCC1. The molecule has 6 nitrogen and oxygen atoms in total. The smallest absolute Gasteiger partial charge is 0.251 e. The van der Waals surface area contributed by atoms with Gasteiger partial charge in [0, 0.05) is 25.2 Å². The van der Waals surface area contributed by atoms with Crippen LogP contribution in [0.3, 0.4) is 0 Å². The predicted octanol–water partition coefficient (Wildman–Crippen LogP) is 4.13. The van der Waals surface area contributed by atoms with Crippen LogP contribution in [0.4, 0.5) is 0 Å². The number of morpholine rings is 1. The summed E-state index contributed by atoms with van der Waals surface area (Å²) in [6.07, 6.45) is 4.81. The quantitative estimate of drug-likeness (QED) is 0.672. The molecule has 1 aliphatic carbocycles. The van der Waals surface area contributed by atoms with Gasteiger partial charge in [-0.2, -0.15) is 0 Å². The first-order chi connectivity index (χ1) is 15.6. The Bertz CT molecular complexity index is 904. The zero-order chi connectivity index (χ0) is 22.3. The summed E-state index contributed by atoms with van der Waals surface area (Å²) in [5.74, 6) is 1.21. The van der Waals surface area contributed by atoms with E-state index in [0.717, 1.165) is 39.1 Å². The molecule has 2 aromatic rings. The molecule has 1 saturated heterocycles. The van der Waals surface area contributed by atoms with Gasteiger partial charge in [-0.3, -0.25) is 9.69 Å².